The summed E-state index contributed by atoms with van der Waals surface area (Å²) in [5.41, 5.74) is 1.50. The van der Waals surface area contributed by atoms with Crippen molar-refractivity contribution in [3.63, 3.8) is 0 Å². The number of ether oxygens (including phenoxy) is 1. The molecule has 1 aliphatic rings. The molecule has 5 rings (SSSR count). The van der Waals surface area contributed by atoms with Crippen LogP contribution in [0.15, 0.2) is 58.1 Å². The van der Waals surface area contributed by atoms with Crippen LogP contribution in [0.2, 0.25) is 0 Å². The fraction of sp³-hybridized carbons (Fsp3) is 0.292. The van der Waals surface area contributed by atoms with Gasteiger partial charge in [-0.05, 0) is 55.3 Å². The van der Waals surface area contributed by atoms with Gasteiger partial charge < -0.3 is 14.2 Å². The van der Waals surface area contributed by atoms with Crippen molar-refractivity contribution in [2.45, 2.75) is 26.4 Å². The zero-order valence-corrected chi connectivity index (χ0v) is 18.5. The number of imidazole rings is 1. The van der Waals surface area contributed by atoms with E-state index in [1.165, 1.54) is 21.3 Å². The molecule has 0 aliphatic carbocycles. The lowest BCUT2D eigenvalue weighted by Gasteiger charge is -2.29. The molecular formula is C24H24FN5O3. The lowest BCUT2D eigenvalue weighted by molar-refractivity contribution is 0.340. The molecule has 0 amide bonds. The molecule has 0 radical (unpaired) electrons. The van der Waals surface area contributed by atoms with E-state index < -0.39 is 11.2 Å². The van der Waals surface area contributed by atoms with Crippen molar-refractivity contribution < 1.29 is 9.13 Å². The van der Waals surface area contributed by atoms with E-state index in [0.717, 1.165) is 24.4 Å². The molecule has 0 saturated carbocycles. The third kappa shape index (κ3) is 3.59. The molecule has 1 aliphatic heterocycles. The largest absolute Gasteiger partial charge is 0.494 e. The monoisotopic (exact) mass is 449 g/mol. The first-order valence-electron chi connectivity index (χ1n) is 10.9. The first-order chi connectivity index (χ1) is 16.0. The smallest absolute Gasteiger partial charge is 0.332 e. The Hall–Kier alpha value is -3.88. The quantitative estimate of drug-likeness (QED) is 0.468. The fourth-order valence-electron chi connectivity index (χ4n) is 4.31. The molecule has 0 spiro atoms. The highest BCUT2D eigenvalue weighted by Gasteiger charge is 2.27. The SMILES string of the molecule is CCOc1ccc(N2CCCn3c2nc2c3c(=O)n(Cc3ccc(F)cc3)c(=O)n2C)cc1. The van der Waals surface area contributed by atoms with Crippen molar-refractivity contribution in [2.24, 2.45) is 7.05 Å². The van der Waals surface area contributed by atoms with Gasteiger partial charge >= 0.3 is 5.69 Å². The second kappa shape index (κ2) is 8.23. The van der Waals surface area contributed by atoms with Crippen molar-refractivity contribution in [3.8, 4) is 5.75 Å². The van der Waals surface area contributed by atoms with E-state index >= 15 is 0 Å². The number of hydrogen-bond donors (Lipinski definition) is 0. The molecule has 4 aromatic rings. The summed E-state index contributed by atoms with van der Waals surface area (Å²) in [4.78, 5) is 33.2. The van der Waals surface area contributed by atoms with Gasteiger partial charge in [0.2, 0.25) is 5.95 Å². The number of anilines is 2. The van der Waals surface area contributed by atoms with Crippen molar-refractivity contribution in [1.29, 1.82) is 0 Å². The number of nitrogens with zero attached hydrogens (tertiary/aromatic N) is 5. The Morgan fingerprint density at radius 2 is 1.76 bits per heavy atom. The summed E-state index contributed by atoms with van der Waals surface area (Å²) in [7, 11) is 1.62. The minimum atomic E-state index is -0.458. The number of hydrogen-bond acceptors (Lipinski definition) is 5. The van der Waals surface area contributed by atoms with Crippen LogP contribution in [0.25, 0.3) is 11.2 Å². The van der Waals surface area contributed by atoms with Gasteiger partial charge in [0, 0.05) is 25.8 Å². The third-order valence-electron chi connectivity index (χ3n) is 5.93. The molecular weight excluding hydrogens is 425 g/mol. The highest BCUT2D eigenvalue weighted by Crippen LogP contribution is 2.31. The first-order valence-corrected chi connectivity index (χ1v) is 10.9. The molecule has 8 nitrogen and oxygen atoms in total. The fourth-order valence-corrected chi connectivity index (χ4v) is 4.31. The Balaban J connectivity index is 1.62. The molecule has 0 atom stereocenters. The Bertz CT molecular complexity index is 1430. The van der Waals surface area contributed by atoms with E-state index in [1.54, 1.807) is 19.2 Å². The molecule has 0 bridgehead atoms. The maximum absolute atomic E-state index is 13.4. The summed E-state index contributed by atoms with van der Waals surface area (Å²) in [5.74, 6) is 1.05. The predicted octanol–water partition coefficient (Wildman–Crippen LogP) is 3.02. The molecule has 0 unspecified atom stereocenters. The van der Waals surface area contributed by atoms with E-state index in [-0.39, 0.29) is 12.4 Å². The van der Waals surface area contributed by atoms with E-state index in [9.17, 15) is 14.0 Å². The van der Waals surface area contributed by atoms with Gasteiger partial charge in [-0.2, -0.15) is 4.98 Å². The summed E-state index contributed by atoms with van der Waals surface area (Å²) in [6, 6.07) is 13.5. The highest BCUT2D eigenvalue weighted by molar-refractivity contribution is 5.77. The van der Waals surface area contributed by atoms with Crippen LogP contribution in [0.3, 0.4) is 0 Å². The van der Waals surface area contributed by atoms with Crippen LogP contribution in [0, 0.1) is 5.82 Å². The molecule has 9 heteroatoms. The minimum absolute atomic E-state index is 0.0604. The minimum Gasteiger partial charge on any atom is -0.494 e. The van der Waals surface area contributed by atoms with Crippen LogP contribution >= 0.6 is 0 Å². The molecule has 3 heterocycles. The predicted molar refractivity (Wildman–Crippen MR) is 124 cm³/mol. The lowest BCUT2D eigenvalue weighted by Crippen LogP contribution is -2.40. The summed E-state index contributed by atoms with van der Waals surface area (Å²) in [6.45, 7) is 3.97. The average molecular weight is 449 g/mol. The van der Waals surface area contributed by atoms with Crippen molar-refractivity contribution in [2.75, 3.05) is 18.1 Å². The van der Waals surface area contributed by atoms with Gasteiger partial charge in [-0.15, -0.1) is 0 Å². The molecule has 0 saturated heterocycles. The van der Waals surface area contributed by atoms with Gasteiger partial charge in [0.1, 0.15) is 11.6 Å². The van der Waals surface area contributed by atoms with E-state index in [2.05, 4.69) is 0 Å². The lowest BCUT2D eigenvalue weighted by atomic mass is 10.2. The molecule has 33 heavy (non-hydrogen) atoms. The van der Waals surface area contributed by atoms with Crippen LogP contribution in [0.5, 0.6) is 5.75 Å². The van der Waals surface area contributed by atoms with Gasteiger partial charge in [0.25, 0.3) is 5.56 Å². The normalized spacial score (nSPS) is 13.4. The maximum Gasteiger partial charge on any atom is 0.332 e. The zero-order valence-electron chi connectivity index (χ0n) is 18.5. The number of fused-ring (bicyclic) bond motifs is 3. The van der Waals surface area contributed by atoms with Gasteiger partial charge in [-0.3, -0.25) is 13.9 Å². The molecule has 2 aromatic carbocycles. The second-order valence-corrected chi connectivity index (χ2v) is 8.03. The summed E-state index contributed by atoms with van der Waals surface area (Å²) < 4.78 is 23.3. The topological polar surface area (TPSA) is 74.3 Å². The van der Waals surface area contributed by atoms with Crippen molar-refractivity contribution in [3.05, 3.63) is 80.7 Å². The molecule has 2 aromatic heterocycles. The van der Waals surface area contributed by atoms with Crippen LogP contribution in [-0.4, -0.2) is 31.8 Å². The highest BCUT2D eigenvalue weighted by atomic mass is 19.1. The second-order valence-electron chi connectivity index (χ2n) is 8.03. The Morgan fingerprint density at radius 3 is 2.45 bits per heavy atom. The Labute approximate surface area is 189 Å². The van der Waals surface area contributed by atoms with Crippen LogP contribution in [-0.2, 0) is 20.1 Å². The number of benzene rings is 2. The third-order valence-corrected chi connectivity index (χ3v) is 5.93. The molecule has 170 valence electrons. The standard InChI is InChI=1S/C24H24FN5O3/c1-3-33-19-11-9-18(10-12-19)28-13-4-14-29-20-21(26-23(28)29)27(2)24(32)30(22(20)31)15-16-5-7-17(25)8-6-16/h5-12H,3-4,13-15H2,1-2H3. The van der Waals surface area contributed by atoms with Crippen molar-refractivity contribution >= 4 is 22.8 Å². The van der Waals surface area contributed by atoms with E-state index in [0.29, 0.717) is 35.8 Å². The first kappa shape index (κ1) is 21.0. The average Bonchev–Trinajstić information content (AvgIpc) is 3.22. The Kier molecular flexibility index (Phi) is 5.24. The number of aryl methyl sites for hydroxylation is 2. The van der Waals surface area contributed by atoms with Gasteiger partial charge in [-0.25, -0.2) is 9.18 Å². The van der Waals surface area contributed by atoms with Gasteiger partial charge in [0.05, 0.1) is 13.2 Å². The summed E-state index contributed by atoms with van der Waals surface area (Å²) >= 11 is 0. The van der Waals surface area contributed by atoms with Crippen LogP contribution in [0.4, 0.5) is 16.0 Å². The number of halogens is 1. The van der Waals surface area contributed by atoms with E-state index in [1.807, 2.05) is 40.7 Å². The summed E-state index contributed by atoms with van der Waals surface area (Å²) in [6.07, 6.45) is 0.825. The van der Waals surface area contributed by atoms with Crippen LogP contribution < -0.4 is 20.9 Å². The van der Waals surface area contributed by atoms with E-state index in [4.69, 9.17) is 9.72 Å². The van der Waals surface area contributed by atoms with Crippen molar-refractivity contribution in [1.82, 2.24) is 18.7 Å². The maximum atomic E-state index is 13.4. The van der Waals surface area contributed by atoms with Crippen LogP contribution in [0.1, 0.15) is 18.9 Å². The molecule has 0 N–H and O–H groups in total. The Morgan fingerprint density at radius 1 is 1.03 bits per heavy atom. The number of aromatic nitrogens is 4. The number of rotatable bonds is 5. The molecule has 0 fully saturated rings. The zero-order chi connectivity index (χ0) is 23.1. The summed E-state index contributed by atoms with van der Waals surface area (Å²) in [5, 5.41) is 0. The van der Waals surface area contributed by atoms with Gasteiger partial charge in [-0.1, -0.05) is 12.1 Å². The van der Waals surface area contributed by atoms with Gasteiger partial charge in [0.15, 0.2) is 11.2 Å².